The quantitative estimate of drug-likeness (QED) is 0.569. The second kappa shape index (κ2) is 9.75. The van der Waals surface area contributed by atoms with Crippen LogP contribution in [-0.4, -0.2) is 43.6 Å². The average Bonchev–Trinajstić information content (AvgIpc) is 3.12. The lowest BCUT2D eigenvalue weighted by Gasteiger charge is -2.23. The molecule has 2 rings (SSSR count). The van der Waals surface area contributed by atoms with E-state index in [4.69, 9.17) is 4.74 Å². The average molecular weight is 397 g/mol. The number of hydrogen-bond donors (Lipinski definition) is 1. The van der Waals surface area contributed by atoms with Crippen LogP contribution in [0, 0.1) is 11.6 Å². The Kier molecular flexibility index (Phi) is 7.67. The number of guanidine groups is 1. The molecule has 0 fully saturated rings. The fraction of sp³-hybridized carbons (Fsp3) is 0.474. The Labute approximate surface area is 163 Å². The number of methoxy groups -OCH3 is 1. The lowest BCUT2D eigenvalue weighted by Crippen LogP contribution is -2.40. The molecule has 0 spiro atoms. The van der Waals surface area contributed by atoms with Crippen molar-refractivity contribution in [3.8, 4) is 0 Å². The largest absolute Gasteiger partial charge is 0.375 e. The van der Waals surface area contributed by atoms with Crippen LogP contribution in [0.3, 0.4) is 0 Å². The topological polar surface area (TPSA) is 49.8 Å². The van der Waals surface area contributed by atoms with Crippen molar-refractivity contribution in [2.24, 2.45) is 4.99 Å². The van der Waals surface area contributed by atoms with Crippen LogP contribution in [0.15, 0.2) is 28.6 Å². The number of rotatable bonds is 7. The molecule has 1 aromatic heterocycles. The van der Waals surface area contributed by atoms with Gasteiger partial charge in [0.1, 0.15) is 11.1 Å². The van der Waals surface area contributed by atoms with Crippen molar-refractivity contribution < 1.29 is 13.5 Å². The van der Waals surface area contributed by atoms with E-state index in [1.165, 1.54) is 6.07 Å². The molecule has 2 atom stereocenters. The van der Waals surface area contributed by atoms with E-state index in [1.54, 1.807) is 31.6 Å². The lowest BCUT2D eigenvalue weighted by atomic mass is 10.0. The third-order valence-corrected chi connectivity index (χ3v) is 5.38. The molecule has 0 amide bonds. The van der Waals surface area contributed by atoms with Crippen LogP contribution in [0.5, 0.6) is 0 Å². The molecule has 27 heavy (non-hydrogen) atoms. The van der Waals surface area contributed by atoms with E-state index in [2.05, 4.69) is 15.3 Å². The van der Waals surface area contributed by atoms with Crippen molar-refractivity contribution >= 4 is 17.3 Å². The Morgan fingerprint density at radius 1 is 1.33 bits per heavy atom. The molecule has 0 aliphatic rings. The van der Waals surface area contributed by atoms with Gasteiger partial charge < -0.3 is 15.0 Å². The number of thiazole rings is 1. The molecular formula is C19H26F2N4OS. The van der Waals surface area contributed by atoms with E-state index in [0.29, 0.717) is 19.0 Å². The van der Waals surface area contributed by atoms with Gasteiger partial charge in [0, 0.05) is 33.1 Å². The number of aromatic nitrogens is 1. The zero-order valence-corrected chi connectivity index (χ0v) is 17.1. The first kappa shape index (κ1) is 21.2. The highest BCUT2D eigenvalue weighted by atomic mass is 32.1. The van der Waals surface area contributed by atoms with Crippen molar-refractivity contribution in [3.63, 3.8) is 0 Å². The third-order valence-electron chi connectivity index (χ3n) is 4.32. The number of nitrogens with one attached hydrogen (secondary N) is 1. The molecule has 1 heterocycles. The summed E-state index contributed by atoms with van der Waals surface area (Å²) < 4.78 is 31.8. The maximum Gasteiger partial charge on any atom is 0.193 e. The highest BCUT2D eigenvalue weighted by Crippen LogP contribution is 2.21. The van der Waals surface area contributed by atoms with Crippen LogP contribution >= 0.6 is 11.3 Å². The molecule has 0 aliphatic carbocycles. The van der Waals surface area contributed by atoms with Gasteiger partial charge in [-0.05, 0) is 30.5 Å². The van der Waals surface area contributed by atoms with Crippen LogP contribution in [0.2, 0.25) is 0 Å². The van der Waals surface area contributed by atoms with Gasteiger partial charge in [0.15, 0.2) is 17.6 Å². The zero-order chi connectivity index (χ0) is 20.0. The van der Waals surface area contributed by atoms with Crippen LogP contribution in [-0.2, 0) is 11.3 Å². The van der Waals surface area contributed by atoms with Gasteiger partial charge in [-0.3, -0.25) is 4.99 Å². The highest BCUT2D eigenvalue weighted by molar-refractivity contribution is 7.09. The summed E-state index contributed by atoms with van der Waals surface area (Å²) in [6, 6.07) is 4.00. The smallest absolute Gasteiger partial charge is 0.193 e. The second-order valence-electron chi connectivity index (χ2n) is 6.41. The third kappa shape index (κ3) is 5.71. The molecule has 148 valence electrons. The molecule has 1 aromatic carbocycles. The maximum atomic E-state index is 13.4. The molecule has 1 N–H and O–H groups in total. The van der Waals surface area contributed by atoms with Crippen molar-refractivity contribution in [2.75, 3.05) is 27.7 Å². The molecule has 0 bridgehead atoms. The van der Waals surface area contributed by atoms with Gasteiger partial charge in [0.05, 0.1) is 12.2 Å². The summed E-state index contributed by atoms with van der Waals surface area (Å²) in [6.45, 7) is 5.07. The molecular weight excluding hydrogens is 370 g/mol. The second-order valence-corrected chi connectivity index (χ2v) is 7.30. The molecule has 0 aliphatic heterocycles. The molecule has 8 heteroatoms. The predicted octanol–water partition coefficient (Wildman–Crippen LogP) is 3.94. The monoisotopic (exact) mass is 396 g/mol. The van der Waals surface area contributed by atoms with E-state index in [1.807, 2.05) is 31.2 Å². The summed E-state index contributed by atoms with van der Waals surface area (Å²) >= 11 is 1.57. The van der Waals surface area contributed by atoms with Gasteiger partial charge in [0.25, 0.3) is 0 Å². The van der Waals surface area contributed by atoms with Crippen LogP contribution in [0.4, 0.5) is 8.78 Å². The summed E-state index contributed by atoms with van der Waals surface area (Å²) in [6.07, 6.45) is -0.0246. The first-order valence-corrected chi connectivity index (χ1v) is 9.57. The Hall–Kier alpha value is -2.06. The number of hydrogen-bond acceptors (Lipinski definition) is 4. The van der Waals surface area contributed by atoms with Crippen molar-refractivity contribution in [1.29, 1.82) is 0 Å². The highest BCUT2D eigenvalue weighted by Gasteiger charge is 2.14. The Bertz CT molecular complexity index is 781. The van der Waals surface area contributed by atoms with Gasteiger partial charge in [-0.15, -0.1) is 11.3 Å². The van der Waals surface area contributed by atoms with Crippen molar-refractivity contribution in [1.82, 2.24) is 15.2 Å². The SMILES string of the molecule is CN=C(NCC(C)c1ccc(F)c(F)c1)N(C)Cc1csc(C(C)OC)n1. The molecule has 0 saturated carbocycles. The van der Waals surface area contributed by atoms with Crippen molar-refractivity contribution in [3.05, 3.63) is 51.5 Å². The van der Waals surface area contributed by atoms with Gasteiger partial charge in [0.2, 0.25) is 0 Å². The maximum absolute atomic E-state index is 13.4. The Morgan fingerprint density at radius 2 is 2.07 bits per heavy atom. The van der Waals surface area contributed by atoms with Gasteiger partial charge in [-0.1, -0.05) is 13.0 Å². The summed E-state index contributed by atoms with van der Waals surface area (Å²) in [4.78, 5) is 10.8. The molecule has 0 saturated heterocycles. The number of ether oxygens (including phenoxy) is 1. The van der Waals surface area contributed by atoms with E-state index in [0.717, 1.165) is 22.3 Å². The summed E-state index contributed by atoms with van der Waals surface area (Å²) in [7, 11) is 5.30. The lowest BCUT2D eigenvalue weighted by molar-refractivity contribution is 0.119. The van der Waals surface area contributed by atoms with Gasteiger partial charge >= 0.3 is 0 Å². The molecule has 0 radical (unpaired) electrons. The van der Waals surface area contributed by atoms with Crippen LogP contribution < -0.4 is 5.32 Å². The number of aliphatic imine (C=N–C) groups is 1. The minimum absolute atomic E-state index is 0.00122. The Balaban J connectivity index is 1.93. The zero-order valence-electron chi connectivity index (χ0n) is 16.3. The molecule has 5 nitrogen and oxygen atoms in total. The fourth-order valence-corrected chi connectivity index (χ4v) is 3.41. The fourth-order valence-electron chi connectivity index (χ4n) is 2.57. The summed E-state index contributed by atoms with van der Waals surface area (Å²) in [5.74, 6) is -0.956. The molecule has 2 unspecified atom stereocenters. The van der Waals surface area contributed by atoms with E-state index in [9.17, 15) is 8.78 Å². The number of nitrogens with zero attached hydrogens (tertiary/aromatic N) is 3. The normalized spacial score (nSPS) is 14.1. The first-order valence-electron chi connectivity index (χ1n) is 8.69. The van der Waals surface area contributed by atoms with Gasteiger partial charge in [-0.25, -0.2) is 13.8 Å². The predicted molar refractivity (Wildman–Crippen MR) is 105 cm³/mol. The Morgan fingerprint density at radius 3 is 2.70 bits per heavy atom. The minimum atomic E-state index is -0.833. The van der Waals surface area contributed by atoms with Gasteiger partial charge in [-0.2, -0.15) is 0 Å². The van der Waals surface area contributed by atoms with E-state index < -0.39 is 11.6 Å². The van der Waals surface area contributed by atoms with E-state index in [-0.39, 0.29) is 12.0 Å². The summed E-state index contributed by atoms with van der Waals surface area (Å²) in [5.41, 5.74) is 1.68. The van der Waals surface area contributed by atoms with Crippen molar-refractivity contribution in [2.45, 2.75) is 32.4 Å². The van der Waals surface area contributed by atoms with E-state index >= 15 is 0 Å². The minimum Gasteiger partial charge on any atom is -0.375 e. The first-order chi connectivity index (χ1) is 12.8. The number of benzene rings is 1. The standard InChI is InChI=1S/C19H26F2N4OS/c1-12(14-6-7-16(20)17(21)8-14)9-23-19(22-3)25(4)10-15-11-27-18(24-15)13(2)26-5/h6-8,11-13H,9-10H2,1-5H3,(H,22,23). The van der Waals surface area contributed by atoms with Crippen LogP contribution in [0.25, 0.3) is 0 Å². The summed E-state index contributed by atoms with van der Waals surface area (Å²) in [5, 5.41) is 6.23. The van der Waals surface area contributed by atoms with Crippen LogP contribution in [0.1, 0.15) is 42.1 Å². The number of halogens is 2. The molecule has 2 aromatic rings.